The van der Waals surface area contributed by atoms with Crippen LogP contribution in [0.3, 0.4) is 0 Å². The smallest absolute Gasteiger partial charge is 0.322 e. The second-order valence-corrected chi connectivity index (χ2v) is 3.08. The van der Waals surface area contributed by atoms with Gasteiger partial charge in [0.2, 0.25) is 6.08 Å². The highest BCUT2D eigenvalue weighted by molar-refractivity contribution is 5.97. The number of para-hydroxylation sites is 2. The third kappa shape index (κ3) is 1.73. The number of nitrogens with one attached hydrogen (secondary N) is 1. The van der Waals surface area contributed by atoms with E-state index in [0.717, 1.165) is 0 Å². The van der Waals surface area contributed by atoms with Crippen molar-refractivity contribution in [2.45, 2.75) is 0 Å². The van der Waals surface area contributed by atoms with Gasteiger partial charge >= 0.3 is 6.03 Å². The zero-order valence-electron chi connectivity index (χ0n) is 7.93. The van der Waals surface area contributed by atoms with Crippen molar-refractivity contribution in [2.24, 2.45) is 4.99 Å². The fourth-order valence-corrected chi connectivity index (χ4v) is 1.54. The Kier molecular flexibility index (Phi) is 2.48. The van der Waals surface area contributed by atoms with Crippen molar-refractivity contribution in [3.05, 3.63) is 24.3 Å². The molecule has 0 bridgehead atoms. The number of carbonyl (C=O) groups is 1. The van der Waals surface area contributed by atoms with Crippen molar-refractivity contribution in [3.8, 4) is 0 Å². The lowest BCUT2D eigenvalue weighted by atomic mass is 10.2. The van der Waals surface area contributed by atoms with Gasteiger partial charge in [-0.05, 0) is 12.1 Å². The van der Waals surface area contributed by atoms with Gasteiger partial charge in [0.05, 0.1) is 5.69 Å². The molecule has 2 amide bonds. The Morgan fingerprint density at radius 1 is 1.40 bits per heavy atom. The first kappa shape index (κ1) is 9.43. The van der Waals surface area contributed by atoms with E-state index in [2.05, 4.69) is 10.3 Å². The molecule has 0 unspecified atom stereocenters. The summed E-state index contributed by atoms with van der Waals surface area (Å²) in [6.07, 6.45) is 1.48. The SMILES string of the molecule is O=C=Nc1ccccc1N1CCNC1=O. The highest BCUT2D eigenvalue weighted by Gasteiger charge is 2.22. The highest BCUT2D eigenvalue weighted by atomic mass is 16.2. The van der Waals surface area contributed by atoms with Crippen LogP contribution in [-0.4, -0.2) is 25.2 Å². The first-order valence-electron chi connectivity index (χ1n) is 4.55. The van der Waals surface area contributed by atoms with Crippen LogP contribution in [0.1, 0.15) is 0 Å². The lowest BCUT2D eigenvalue weighted by Gasteiger charge is -2.15. The van der Waals surface area contributed by atoms with Gasteiger partial charge in [0, 0.05) is 13.1 Å². The van der Waals surface area contributed by atoms with Crippen molar-refractivity contribution in [1.29, 1.82) is 0 Å². The van der Waals surface area contributed by atoms with Crippen LogP contribution in [0.25, 0.3) is 0 Å². The van der Waals surface area contributed by atoms with Gasteiger partial charge in [-0.15, -0.1) is 0 Å². The molecule has 76 valence electrons. The molecule has 2 rings (SSSR count). The molecule has 5 heteroatoms. The number of urea groups is 1. The Hall–Kier alpha value is -2.13. The van der Waals surface area contributed by atoms with Crippen LogP contribution in [0, 0.1) is 0 Å². The normalized spacial score (nSPS) is 14.7. The maximum atomic E-state index is 11.4. The number of carbonyl (C=O) groups excluding carboxylic acids is 2. The van der Waals surface area contributed by atoms with Crippen LogP contribution in [0.15, 0.2) is 29.3 Å². The van der Waals surface area contributed by atoms with Crippen LogP contribution in [0.2, 0.25) is 0 Å². The summed E-state index contributed by atoms with van der Waals surface area (Å²) in [7, 11) is 0. The van der Waals surface area contributed by atoms with Crippen molar-refractivity contribution in [1.82, 2.24) is 5.32 Å². The Morgan fingerprint density at radius 2 is 2.20 bits per heavy atom. The maximum Gasteiger partial charge on any atom is 0.322 e. The molecular formula is C10H9N3O2. The number of isocyanates is 1. The molecule has 1 N–H and O–H groups in total. The van der Waals surface area contributed by atoms with Crippen molar-refractivity contribution in [3.63, 3.8) is 0 Å². The average Bonchev–Trinajstić information content (AvgIpc) is 2.66. The number of benzene rings is 1. The predicted molar refractivity (Wildman–Crippen MR) is 55.0 cm³/mol. The lowest BCUT2D eigenvalue weighted by molar-refractivity contribution is 0.252. The number of nitrogens with zero attached hydrogens (tertiary/aromatic N) is 2. The minimum Gasteiger partial charge on any atom is -0.336 e. The Bertz CT molecular complexity index is 438. The van der Waals surface area contributed by atoms with E-state index in [4.69, 9.17) is 0 Å². The topological polar surface area (TPSA) is 61.8 Å². The van der Waals surface area contributed by atoms with Crippen molar-refractivity contribution in [2.75, 3.05) is 18.0 Å². The summed E-state index contributed by atoms with van der Waals surface area (Å²) in [5.41, 5.74) is 1.10. The summed E-state index contributed by atoms with van der Waals surface area (Å²) in [6.45, 7) is 1.20. The van der Waals surface area contributed by atoms with E-state index >= 15 is 0 Å². The third-order valence-electron chi connectivity index (χ3n) is 2.20. The van der Waals surface area contributed by atoms with E-state index in [1.807, 2.05) is 0 Å². The first-order valence-corrected chi connectivity index (χ1v) is 4.55. The number of rotatable bonds is 2. The molecule has 0 radical (unpaired) electrons. The minimum atomic E-state index is -0.163. The first-order chi connectivity index (χ1) is 7.33. The summed E-state index contributed by atoms with van der Waals surface area (Å²) < 4.78 is 0. The van der Waals surface area contributed by atoms with Gasteiger partial charge < -0.3 is 5.32 Å². The molecular weight excluding hydrogens is 194 g/mol. The van der Waals surface area contributed by atoms with Crippen LogP contribution >= 0.6 is 0 Å². The van der Waals surface area contributed by atoms with Crippen LogP contribution in [-0.2, 0) is 4.79 Å². The predicted octanol–water partition coefficient (Wildman–Crippen LogP) is 1.18. The molecule has 1 aromatic carbocycles. The van der Waals surface area contributed by atoms with E-state index in [1.54, 1.807) is 29.2 Å². The van der Waals surface area contributed by atoms with E-state index in [9.17, 15) is 9.59 Å². The Morgan fingerprint density at radius 3 is 2.87 bits per heavy atom. The van der Waals surface area contributed by atoms with Crippen LogP contribution in [0.4, 0.5) is 16.2 Å². The molecule has 1 fully saturated rings. The number of aliphatic imine (C=N–C) groups is 1. The zero-order chi connectivity index (χ0) is 10.7. The lowest BCUT2D eigenvalue weighted by Crippen LogP contribution is -2.27. The number of hydrogen-bond acceptors (Lipinski definition) is 3. The highest BCUT2D eigenvalue weighted by Crippen LogP contribution is 2.28. The molecule has 1 heterocycles. The van der Waals surface area contributed by atoms with Gasteiger partial charge in [-0.25, -0.2) is 9.59 Å². The number of anilines is 1. The van der Waals surface area contributed by atoms with Crippen LogP contribution in [0.5, 0.6) is 0 Å². The Labute approximate surface area is 86.4 Å². The minimum absolute atomic E-state index is 0.163. The Balaban J connectivity index is 2.42. The van der Waals surface area contributed by atoms with Gasteiger partial charge in [-0.1, -0.05) is 12.1 Å². The molecule has 1 saturated heterocycles. The summed E-state index contributed by atoms with van der Waals surface area (Å²) in [5.74, 6) is 0. The molecule has 15 heavy (non-hydrogen) atoms. The summed E-state index contributed by atoms with van der Waals surface area (Å²) >= 11 is 0. The van der Waals surface area contributed by atoms with E-state index in [1.165, 1.54) is 6.08 Å². The second-order valence-electron chi connectivity index (χ2n) is 3.08. The molecule has 0 spiro atoms. The fraction of sp³-hybridized carbons (Fsp3) is 0.200. The summed E-state index contributed by atoms with van der Waals surface area (Å²) in [6, 6.07) is 6.81. The van der Waals surface area contributed by atoms with E-state index in [0.29, 0.717) is 24.5 Å². The maximum absolute atomic E-state index is 11.4. The van der Waals surface area contributed by atoms with Crippen molar-refractivity contribution >= 4 is 23.5 Å². The van der Waals surface area contributed by atoms with E-state index in [-0.39, 0.29) is 6.03 Å². The van der Waals surface area contributed by atoms with Crippen molar-refractivity contribution < 1.29 is 9.59 Å². The monoisotopic (exact) mass is 203 g/mol. The van der Waals surface area contributed by atoms with Gasteiger partial charge in [0.25, 0.3) is 0 Å². The van der Waals surface area contributed by atoms with Gasteiger partial charge in [-0.3, -0.25) is 4.90 Å². The standard InChI is InChI=1S/C10H9N3O2/c14-7-12-8-3-1-2-4-9(8)13-6-5-11-10(13)15/h1-4H,5-6H2,(H,11,15). The number of amides is 2. The molecule has 1 aliphatic heterocycles. The van der Waals surface area contributed by atoms with Gasteiger partial charge in [0.15, 0.2) is 0 Å². The van der Waals surface area contributed by atoms with Crippen LogP contribution < -0.4 is 10.2 Å². The van der Waals surface area contributed by atoms with Gasteiger partial charge in [-0.2, -0.15) is 4.99 Å². The quantitative estimate of drug-likeness (QED) is 0.579. The largest absolute Gasteiger partial charge is 0.336 e. The third-order valence-corrected chi connectivity index (χ3v) is 2.20. The molecule has 0 aromatic heterocycles. The van der Waals surface area contributed by atoms with Gasteiger partial charge in [0.1, 0.15) is 5.69 Å². The molecule has 0 saturated carbocycles. The second kappa shape index (κ2) is 3.94. The summed E-state index contributed by atoms with van der Waals surface area (Å²) in [4.78, 5) is 26.7. The molecule has 0 atom stereocenters. The van der Waals surface area contributed by atoms with E-state index < -0.39 is 0 Å². The molecule has 5 nitrogen and oxygen atoms in total. The number of hydrogen-bond donors (Lipinski definition) is 1. The molecule has 1 aliphatic rings. The molecule has 0 aliphatic carbocycles. The molecule has 1 aromatic rings. The average molecular weight is 203 g/mol. The fourth-order valence-electron chi connectivity index (χ4n) is 1.54. The zero-order valence-corrected chi connectivity index (χ0v) is 7.93. The summed E-state index contributed by atoms with van der Waals surface area (Å²) in [5, 5.41) is 2.68.